The lowest BCUT2D eigenvalue weighted by Crippen LogP contribution is -2.29. The van der Waals surface area contributed by atoms with Gasteiger partial charge in [0.15, 0.2) is 0 Å². The molecule has 0 bridgehead atoms. The van der Waals surface area contributed by atoms with E-state index in [0.29, 0.717) is 6.04 Å². The highest BCUT2D eigenvalue weighted by molar-refractivity contribution is 7.11. The van der Waals surface area contributed by atoms with Crippen LogP contribution in [0.3, 0.4) is 0 Å². The summed E-state index contributed by atoms with van der Waals surface area (Å²) < 4.78 is 0. The maximum atomic E-state index is 4.89. The van der Waals surface area contributed by atoms with Crippen LogP contribution in [0.15, 0.2) is 30.3 Å². The SMILES string of the molecule is c1ccc(N2CCc3nc(CC4CCCN4)sc3C2)cc1. The number of hydrogen-bond donors (Lipinski definition) is 1. The third kappa shape index (κ3) is 2.83. The maximum Gasteiger partial charge on any atom is 0.0947 e. The number of aromatic nitrogens is 1. The van der Waals surface area contributed by atoms with Crippen LogP contribution in [0.25, 0.3) is 0 Å². The molecule has 0 amide bonds. The molecule has 2 aliphatic heterocycles. The number of nitrogens with zero attached hydrogens (tertiary/aromatic N) is 2. The lowest BCUT2D eigenvalue weighted by molar-refractivity contribution is 0.600. The third-order valence-corrected chi connectivity index (χ3v) is 5.58. The van der Waals surface area contributed by atoms with Crippen LogP contribution in [0.2, 0.25) is 0 Å². The van der Waals surface area contributed by atoms with Crippen molar-refractivity contribution in [3.05, 3.63) is 45.9 Å². The van der Waals surface area contributed by atoms with E-state index in [-0.39, 0.29) is 0 Å². The first-order valence-electron chi connectivity index (χ1n) is 7.89. The van der Waals surface area contributed by atoms with Gasteiger partial charge in [-0.05, 0) is 31.5 Å². The van der Waals surface area contributed by atoms with Gasteiger partial charge >= 0.3 is 0 Å². The van der Waals surface area contributed by atoms with Crippen molar-refractivity contribution in [1.29, 1.82) is 0 Å². The molecule has 2 aromatic rings. The number of benzene rings is 1. The van der Waals surface area contributed by atoms with Crippen molar-refractivity contribution in [3.8, 4) is 0 Å². The maximum absolute atomic E-state index is 4.89. The van der Waals surface area contributed by atoms with E-state index in [1.807, 2.05) is 11.3 Å². The Hall–Kier alpha value is -1.39. The van der Waals surface area contributed by atoms with E-state index in [4.69, 9.17) is 4.98 Å². The second-order valence-electron chi connectivity index (χ2n) is 5.98. The van der Waals surface area contributed by atoms with E-state index in [2.05, 4.69) is 40.5 Å². The molecule has 1 atom stereocenters. The minimum atomic E-state index is 0.655. The molecule has 1 unspecified atom stereocenters. The molecule has 0 spiro atoms. The van der Waals surface area contributed by atoms with Crippen LogP contribution in [0.1, 0.15) is 28.4 Å². The number of fused-ring (bicyclic) bond motifs is 1. The molecular formula is C17H21N3S. The van der Waals surface area contributed by atoms with Gasteiger partial charge < -0.3 is 10.2 Å². The summed E-state index contributed by atoms with van der Waals surface area (Å²) in [6, 6.07) is 11.4. The Morgan fingerprint density at radius 1 is 1.29 bits per heavy atom. The Morgan fingerprint density at radius 3 is 3.00 bits per heavy atom. The topological polar surface area (TPSA) is 28.2 Å². The second kappa shape index (κ2) is 5.78. The number of thiazole rings is 1. The predicted molar refractivity (Wildman–Crippen MR) is 88.0 cm³/mol. The normalized spacial score (nSPS) is 21.5. The summed E-state index contributed by atoms with van der Waals surface area (Å²) in [5.41, 5.74) is 2.68. The Labute approximate surface area is 130 Å². The van der Waals surface area contributed by atoms with Gasteiger partial charge in [0.25, 0.3) is 0 Å². The summed E-state index contributed by atoms with van der Waals surface area (Å²) in [5.74, 6) is 0. The largest absolute Gasteiger partial charge is 0.366 e. The first kappa shape index (κ1) is 13.3. The standard InChI is InChI=1S/C17H21N3S/c1-2-6-14(7-3-1)20-10-8-15-16(12-20)21-17(19-15)11-13-5-4-9-18-13/h1-3,6-7,13,18H,4-5,8-12H2. The number of rotatable bonds is 3. The lowest BCUT2D eigenvalue weighted by Gasteiger charge is -2.28. The van der Waals surface area contributed by atoms with Crippen molar-refractivity contribution in [2.45, 2.75) is 38.3 Å². The summed E-state index contributed by atoms with van der Waals surface area (Å²) >= 11 is 1.93. The van der Waals surface area contributed by atoms with E-state index in [9.17, 15) is 0 Å². The molecule has 0 radical (unpaired) electrons. The van der Waals surface area contributed by atoms with E-state index in [1.54, 1.807) is 0 Å². The zero-order valence-corrected chi connectivity index (χ0v) is 13.0. The van der Waals surface area contributed by atoms with Crippen molar-refractivity contribution in [3.63, 3.8) is 0 Å². The fourth-order valence-corrected chi connectivity index (χ4v) is 4.55. The molecule has 1 fully saturated rings. The highest BCUT2D eigenvalue weighted by atomic mass is 32.1. The zero-order chi connectivity index (χ0) is 14.1. The lowest BCUT2D eigenvalue weighted by atomic mass is 10.1. The molecule has 4 heteroatoms. The van der Waals surface area contributed by atoms with Gasteiger partial charge in [0, 0.05) is 36.0 Å². The third-order valence-electron chi connectivity index (χ3n) is 4.48. The minimum Gasteiger partial charge on any atom is -0.366 e. The molecule has 3 nitrogen and oxygen atoms in total. The number of anilines is 1. The average molecular weight is 299 g/mol. The molecule has 0 saturated carbocycles. The van der Waals surface area contributed by atoms with Crippen LogP contribution >= 0.6 is 11.3 Å². The fourth-order valence-electron chi connectivity index (χ4n) is 3.34. The van der Waals surface area contributed by atoms with Crippen molar-refractivity contribution < 1.29 is 0 Å². The van der Waals surface area contributed by atoms with Crippen LogP contribution in [0, 0.1) is 0 Å². The first-order valence-corrected chi connectivity index (χ1v) is 8.71. The molecule has 21 heavy (non-hydrogen) atoms. The molecule has 4 rings (SSSR count). The van der Waals surface area contributed by atoms with Crippen molar-refractivity contribution >= 4 is 17.0 Å². The second-order valence-corrected chi connectivity index (χ2v) is 7.15. The molecular weight excluding hydrogens is 278 g/mol. The monoisotopic (exact) mass is 299 g/mol. The van der Waals surface area contributed by atoms with Gasteiger partial charge in [-0.2, -0.15) is 0 Å². The summed E-state index contributed by atoms with van der Waals surface area (Å²) in [5, 5.41) is 4.90. The van der Waals surface area contributed by atoms with Crippen molar-refractivity contribution in [2.75, 3.05) is 18.0 Å². The number of para-hydroxylation sites is 1. The number of nitrogens with one attached hydrogen (secondary N) is 1. The highest BCUT2D eigenvalue weighted by Gasteiger charge is 2.23. The van der Waals surface area contributed by atoms with Crippen LogP contribution in [0.4, 0.5) is 5.69 Å². The van der Waals surface area contributed by atoms with E-state index < -0.39 is 0 Å². The molecule has 1 N–H and O–H groups in total. The van der Waals surface area contributed by atoms with Gasteiger partial charge in [0.2, 0.25) is 0 Å². The molecule has 1 aromatic carbocycles. The van der Waals surface area contributed by atoms with Crippen molar-refractivity contribution in [1.82, 2.24) is 10.3 Å². The van der Waals surface area contributed by atoms with Crippen LogP contribution in [-0.2, 0) is 19.4 Å². The van der Waals surface area contributed by atoms with Crippen molar-refractivity contribution in [2.24, 2.45) is 0 Å². The Kier molecular flexibility index (Phi) is 3.65. The van der Waals surface area contributed by atoms with E-state index >= 15 is 0 Å². The Bertz CT molecular complexity index is 602. The van der Waals surface area contributed by atoms with Crippen LogP contribution < -0.4 is 10.2 Å². The van der Waals surface area contributed by atoms with Gasteiger partial charge in [0.1, 0.15) is 0 Å². The smallest absolute Gasteiger partial charge is 0.0947 e. The zero-order valence-electron chi connectivity index (χ0n) is 12.2. The molecule has 3 heterocycles. The Balaban J connectivity index is 1.49. The summed E-state index contributed by atoms with van der Waals surface area (Å²) in [7, 11) is 0. The minimum absolute atomic E-state index is 0.655. The predicted octanol–water partition coefficient (Wildman–Crippen LogP) is 3.00. The molecule has 1 saturated heterocycles. The fraction of sp³-hybridized carbons (Fsp3) is 0.471. The molecule has 0 aliphatic carbocycles. The van der Waals surface area contributed by atoms with Gasteiger partial charge in [-0.25, -0.2) is 4.98 Å². The van der Waals surface area contributed by atoms with Crippen LogP contribution in [0.5, 0.6) is 0 Å². The summed E-state index contributed by atoms with van der Waals surface area (Å²) in [6.45, 7) is 3.29. The summed E-state index contributed by atoms with van der Waals surface area (Å²) in [4.78, 5) is 8.84. The van der Waals surface area contributed by atoms with Gasteiger partial charge in [-0.15, -0.1) is 11.3 Å². The molecule has 110 valence electrons. The van der Waals surface area contributed by atoms with Gasteiger partial charge in [-0.3, -0.25) is 0 Å². The molecule has 1 aromatic heterocycles. The van der Waals surface area contributed by atoms with Crippen LogP contribution in [-0.4, -0.2) is 24.1 Å². The quantitative estimate of drug-likeness (QED) is 0.944. The van der Waals surface area contributed by atoms with E-state index in [1.165, 1.54) is 40.7 Å². The van der Waals surface area contributed by atoms with E-state index in [0.717, 1.165) is 25.9 Å². The first-order chi connectivity index (χ1) is 10.4. The molecule has 2 aliphatic rings. The summed E-state index contributed by atoms with van der Waals surface area (Å²) in [6.07, 6.45) is 4.82. The average Bonchev–Trinajstić information content (AvgIpc) is 3.16. The number of hydrogen-bond acceptors (Lipinski definition) is 4. The van der Waals surface area contributed by atoms with Gasteiger partial charge in [0.05, 0.1) is 17.2 Å². The Morgan fingerprint density at radius 2 is 2.19 bits per heavy atom. The highest BCUT2D eigenvalue weighted by Crippen LogP contribution is 2.29. The van der Waals surface area contributed by atoms with Gasteiger partial charge in [-0.1, -0.05) is 18.2 Å².